The van der Waals surface area contributed by atoms with E-state index in [-0.39, 0.29) is 12.8 Å². The summed E-state index contributed by atoms with van der Waals surface area (Å²) in [7, 11) is 0. The summed E-state index contributed by atoms with van der Waals surface area (Å²) < 4.78 is 6.44. The van der Waals surface area contributed by atoms with E-state index < -0.39 is 11.9 Å². The minimum absolute atomic E-state index is 0.296. The number of oxazole rings is 1. The second-order valence-electron chi connectivity index (χ2n) is 11.7. The van der Waals surface area contributed by atoms with Gasteiger partial charge in [-0.05, 0) is 50.3 Å². The van der Waals surface area contributed by atoms with Crippen LogP contribution in [0.3, 0.4) is 0 Å². The van der Waals surface area contributed by atoms with Crippen molar-refractivity contribution < 1.29 is 24.2 Å². The molecule has 3 fully saturated rings. The van der Waals surface area contributed by atoms with Crippen LogP contribution < -0.4 is 10.9 Å². The molecule has 3 aromatic rings. The van der Waals surface area contributed by atoms with Gasteiger partial charge in [0, 0.05) is 73.7 Å². The number of aromatic amines is 1. The van der Waals surface area contributed by atoms with Crippen LogP contribution in [0.2, 0.25) is 0 Å². The van der Waals surface area contributed by atoms with E-state index in [9.17, 15) is 9.59 Å². The van der Waals surface area contributed by atoms with Gasteiger partial charge >= 0.3 is 11.9 Å². The molecule has 6 rings (SSSR count). The normalized spacial score (nSPS) is 25.1. The number of hydrazine groups is 1. The number of rotatable bonds is 8. The van der Waals surface area contributed by atoms with Crippen LogP contribution >= 0.6 is 0 Å². The minimum atomic E-state index is -1.08. The molecular formula is C30H42N6O5. The Kier molecular flexibility index (Phi) is 9.39. The molecule has 2 aliphatic heterocycles. The molecule has 11 nitrogen and oxygen atoms in total. The Morgan fingerprint density at radius 1 is 1.07 bits per heavy atom. The molecule has 4 atom stereocenters. The molecule has 11 heteroatoms. The molecule has 5 N–H and O–H groups in total. The number of nitrogens with zero attached hydrogens (tertiary/aromatic N) is 3. The number of hydrogen-bond donors (Lipinski definition) is 5. The van der Waals surface area contributed by atoms with E-state index >= 15 is 0 Å². The van der Waals surface area contributed by atoms with E-state index in [1.165, 1.54) is 16.5 Å². The number of carboxylic acids is 2. The van der Waals surface area contributed by atoms with Gasteiger partial charge in [0.05, 0.1) is 25.6 Å². The molecule has 4 heterocycles. The van der Waals surface area contributed by atoms with Crippen molar-refractivity contribution in [3.8, 4) is 0 Å². The van der Waals surface area contributed by atoms with Gasteiger partial charge in [-0.1, -0.05) is 12.1 Å². The van der Waals surface area contributed by atoms with Crippen LogP contribution in [-0.4, -0.2) is 86.7 Å². The molecule has 41 heavy (non-hydrogen) atoms. The van der Waals surface area contributed by atoms with E-state index in [1.807, 2.05) is 12.4 Å². The highest BCUT2D eigenvalue weighted by Crippen LogP contribution is 2.46. The zero-order valence-corrected chi connectivity index (χ0v) is 23.9. The number of benzene rings is 1. The van der Waals surface area contributed by atoms with Crippen LogP contribution in [0.4, 0.5) is 0 Å². The summed E-state index contributed by atoms with van der Waals surface area (Å²) in [6.07, 6.45) is 5.66. The van der Waals surface area contributed by atoms with Crippen molar-refractivity contribution in [2.24, 2.45) is 5.92 Å². The summed E-state index contributed by atoms with van der Waals surface area (Å²) in [5, 5.41) is 17.1. The van der Waals surface area contributed by atoms with Gasteiger partial charge in [0.15, 0.2) is 5.89 Å². The molecule has 222 valence electrons. The first-order valence-electron chi connectivity index (χ1n) is 14.7. The average molecular weight is 567 g/mol. The number of carboxylic acid groups (broad SMARTS) is 2. The number of H-pyrrole nitrogens is 1. The van der Waals surface area contributed by atoms with Gasteiger partial charge in [-0.2, -0.15) is 0 Å². The smallest absolute Gasteiger partial charge is 0.303 e. The topological polar surface area (TPSA) is 147 Å². The maximum absolute atomic E-state index is 9.64. The average Bonchev–Trinajstić information content (AvgIpc) is 3.73. The Balaban J connectivity index is 0.000000372. The number of aromatic nitrogens is 2. The number of hydrogen-bond acceptors (Lipinski definition) is 8. The van der Waals surface area contributed by atoms with Crippen molar-refractivity contribution in [1.29, 1.82) is 0 Å². The Hall–Kier alpha value is -3.25. The largest absolute Gasteiger partial charge is 0.481 e. The Bertz CT molecular complexity index is 1300. The van der Waals surface area contributed by atoms with Gasteiger partial charge < -0.3 is 19.6 Å². The van der Waals surface area contributed by atoms with Crippen LogP contribution in [-0.2, 0) is 16.1 Å². The molecule has 1 aliphatic carbocycles. The van der Waals surface area contributed by atoms with Crippen LogP contribution in [0.1, 0.15) is 68.6 Å². The van der Waals surface area contributed by atoms with Crippen molar-refractivity contribution in [3.05, 3.63) is 53.9 Å². The third-order valence-corrected chi connectivity index (χ3v) is 8.76. The predicted molar refractivity (Wildman–Crippen MR) is 154 cm³/mol. The first-order chi connectivity index (χ1) is 19.8. The lowest BCUT2D eigenvalue weighted by Gasteiger charge is -2.37. The molecule has 0 spiro atoms. The van der Waals surface area contributed by atoms with Gasteiger partial charge in [0.2, 0.25) is 0 Å². The first-order valence-corrected chi connectivity index (χ1v) is 14.7. The van der Waals surface area contributed by atoms with Crippen LogP contribution in [0, 0.1) is 5.92 Å². The monoisotopic (exact) mass is 566 g/mol. The number of aliphatic carboxylic acids is 2. The van der Waals surface area contributed by atoms with Gasteiger partial charge in [-0.25, -0.2) is 4.98 Å². The SMILES string of the molecule is CC(C)N1CCN(Cc2cnc(C3CC(c4cccc5[nH]ccc45)CC4NNCC43)o2)CC1.O=C(O)CCC(=O)O. The molecule has 0 amide bonds. The lowest BCUT2D eigenvalue weighted by molar-refractivity contribution is -0.143. The molecular weight excluding hydrogens is 524 g/mol. The fraction of sp³-hybridized carbons (Fsp3) is 0.567. The third-order valence-electron chi connectivity index (χ3n) is 8.76. The lowest BCUT2D eigenvalue weighted by Crippen LogP contribution is -2.48. The van der Waals surface area contributed by atoms with Crippen LogP contribution in [0.25, 0.3) is 10.9 Å². The summed E-state index contributed by atoms with van der Waals surface area (Å²) >= 11 is 0. The fourth-order valence-corrected chi connectivity index (χ4v) is 6.54. The van der Waals surface area contributed by atoms with E-state index in [0.29, 0.717) is 29.8 Å². The first kappa shape index (κ1) is 29.2. The van der Waals surface area contributed by atoms with Gasteiger partial charge in [0.1, 0.15) is 5.76 Å². The molecule has 4 unspecified atom stereocenters. The van der Waals surface area contributed by atoms with E-state index in [4.69, 9.17) is 19.6 Å². The molecule has 1 saturated carbocycles. The van der Waals surface area contributed by atoms with Crippen LogP contribution in [0.5, 0.6) is 0 Å². The molecule has 2 saturated heterocycles. The van der Waals surface area contributed by atoms with Gasteiger partial charge in [0.25, 0.3) is 0 Å². The molecule has 3 aliphatic rings. The van der Waals surface area contributed by atoms with Gasteiger partial charge in [-0.3, -0.25) is 30.2 Å². The fourth-order valence-electron chi connectivity index (χ4n) is 6.54. The highest BCUT2D eigenvalue weighted by Gasteiger charge is 2.44. The van der Waals surface area contributed by atoms with E-state index in [0.717, 1.165) is 63.8 Å². The highest BCUT2D eigenvalue weighted by atomic mass is 16.4. The third kappa shape index (κ3) is 7.16. The number of carbonyl (C=O) groups is 2. The summed E-state index contributed by atoms with van der Waals surface area (Å²) in [6.45, 7) is 10.9. The summed E-state index contributed by atoms with van der Waals surface area (Å²) in [6, 6.07) is 9.94. The number of nitrogens with one attached hydrogen (secondary N) is 3. The Morgan fingerprint density at radius 2 is 1.83 bits per heavy atom. The lowest BCUT2D eigenvalue weighted by atomic mass is 9.69. The maximum Gasteiger partial charge on any atom is 0.303 e. The second kappa shape index (κ2) is 13.2. The van der Waals surface area contributed by atoms with Crippen molar-refractivity contribution in [3.63, 3.8) is 0 Å². The van der Waals surface area contributed by atoms with Crippen molar-refractivity contribution in [1.82, 2.24) is 30.6 Å². The van der Waals surface area contributed by atoms with Crippen molar-refractivity contribution in [2.75, 3.05) is 32.7 Å². The minimum Gasteiger partial charge on any atom is -0.481 e. The van der Waals surface area contributed by atoms with Gasteiger partial charge in [-0.15, -0.1) is 0 Å². The standard InChI is InChI=1S/C26H36N6O.C4H6O4/c1-17(2)32-10-8-31(9-11-32)16-19-14-28-26(33-19)22-12-18(13-25-23(22)15-29-30-25)20-4-3-5-24-21(20)6-7-27-24;5-3(6)1-2-4(7)8/h3-7,14,17-18,22-23,25,27,29-30H,8-13,15-16H2,1-2H3;1-2H2,(H,5,6)(H,7,8). The summed E-state index contributed by atoms with van der Waals surface area (Å²) in [4.78, 5) is 32.5. The predicted octanol–water partition coefficient (Wildman–Crippen LogP) is 3.37. The number of piperazine rings is 1. The molecule has 2 aromatic heterocycles. The Morgan fingerprint density at radius 3 is 2.54 bits per heavy atom. The summed E-state index contributed by atoms with van der Waals surface area (Å²) in [5.74, 6) is 1.12. The quantitative estimate of drug-likeness (QED) is 0.275. The number of fused-ring (bicyclic) bond motifs is 2. The molecule has 1 aromatic carbocycles. The van der Waals surface area contributed by atoms with E-state index in [1.54, 1.807) is 0 Å². The van der Waals surface area contributed by atoms with Crippen LogP contribution in [0.15, 0.2) is 41.1 Å². The molecule has 0 radical (unpaired) electrons. The van der Waals surface area contributed by atoms with Crippen molar-refractivity contribution in [2.45, 2.75) is 70.0 Å². The Labute approximate surface area is 240 Å². The van der Waals surface area contributed by atoms with E-state index in [2.05, 4.69) is 63.7 Å². The summed E-state index contributed by atoms with van der Waals surface area (Å²) in [5.41, 5.74) is 9.63. The zero-order valence-electron chi connectivity index (χ0n) is 23.9. The molecule has 0 bridgehead atoms. The zero-order chi connectivity index (χ0) is 28.9. The van der Waals surface area contributed by atoms with Crippen molar-refractivity contribution >= 4 is 22.8 Å². The second-order valence-corrected chi connectivity index (χ2v) is 11.7. The highest BCUT2D eigenvalue weighted by molar-refractivity contribution is 5.83. The maximum atomic E-state index is 9.64.